The van der Waals surface area contributed by atoms with Crippen molar-refractivity contribution in [3.8, 4) is 0 Å². The molecule has 0 saturated carbocycles. The predicted octanol–water partition coefficient (Wildman–Crippen LogP) is 3.62. The number of aryl methyl sites for hydroxylation is 1. The molecule has 0 aliphatic carbocycles. The number of nitrogens with zero attached hydrogens (tertiary/aromatic N) is 4. The average Bonchev–Trinajstić information content (AvgIpc) is 3.45. The summed E-state index contributed by atoms with van der Waals surface area (Å²) in [5.41, 5.74) is 0.114. The number of alkyl halides is 3. The molecule has 4 heterocycles. The Bertz CT molecular complexity index is 951. The van der Waals surface area contributed by atoms with Gasteiger partial charge in [0, 0.05) is 36.8 Å². The normalized spacial score (nSPS) is 18.9. The van der Waals surface area contributed by atoms with E-state index in [4.69, 9.17) is 0 Å². The Kier molecular flexibility index (Phi) is 5.31. The molecule has 0 saturated heterocycles. The fraction of sp³-hybridized carbons (Fsp3) is 0.389. The minimum absolute atomic E-state index is 0.101. The lowest BCUT2D eigenvalue weighted by Crippen LogP contribution is -2.36. The Labute approximate surface area is 168 Å². The lowest BCUT2D eigenvalue weighted by atomic mass is 10.0. The highest BCUT2D eigenvalue weighted by atomic mass is 32.1. The van der Waals surface area contributed by atoms with Crippen molar-refractivity contribution in [2.24, 2.45) is 0 Å². The van der Waals surface area contributed by atoms with Gasteiger partial charge in [0.25, 0.3) is 5.91 Å². The first-order valence-corrected chi connectivity index (χ1v) is 9.99. The van der Waals surface area contributed by atoms with E-state index in [1.807, 2.05) is 16.1 Å². The average molecular weight is 424 g/mol. The number of aromatic nitrogens is 4. The summed E-state index contributed by atoms with van der Waals surface area (Å²) < 4.78 is 43.7. The van der Waals surface area contributed by atoms with Crippen LogP contribution in [0.4, 0.5) is 19.0 Å². The number of fused-ring (bicyclic) bond motifs is 1. The highest BCUT2D eigenvalue weighted by Gasteiger charge is 2.47. The number of carbonyl (C=O) groups is 1. The van der Waals surface area contributed by atoms with Gasteiger partial charge in [-0.3, -0.25) is 4.79 Å². The molecule has 2 atom stereocenters. The first kappa shape index (κ1) is 19.5. The van der Waals surface area contributed by atoms with E-state index in [1.54, 1.807) is 24.7 Å². The summed E-state index contributed by atoms with van der Waals surface area (Å²) in [6.45, 7) is 1.07. The molecule has 1 aliphatic rings. The molecule has 1 amide bonds. The van der Waals surface area contributed by atoms with E-state index in [9.17, 15) is 18.0 Å². The van der Waals surface area contributed by atoms with Gasteiger partial charge in [0.05, 0.1) is 18.6 Å². The van der Waals surface area contributed by atoms with Crippen LogP contribution in [0.3, 0.4) is 0 Å². The van der Waals surface area contributed by atoms with Gasteiger partial charge in [-0.15, -0.1) is 11.3 Å². The third-order valence-electron chi connectivity index (χ3n) is 4.81. The molecule has 4 rings (SSSR count). The van der Waals surface area contributed by atoms with Crippen LogP contribution in [0.25, 0.3) is 0 Å². The lowest BCUT2D eigenvalue weighted by Gasteiger charge is -2.33. The van der Waals surface area contributed by atoms with Crippen LogP contribution in [0, 0.1) is 0 Å². The molecule has 7 nitrogen and oxygen atoms in total. The zero-order chi connectivity index (χ0) is 20.4. The number of imidazole rings is 1. The van der Waals surface area contributed by atoms with Gasteiger partial charge in [-0.1, -0.05) is 6.07 Å². The highest BCUT2D eigenvalue weighted by molar-refractivity contribution is 7.10. The molecule has 11 heteroatoms. The number of hydrogen-bond acceptors (Lipinski definition) is 5. The quantitative estimate of drug-likeness (QED) is 0.593. The minimum Gasteiger partial charge on any atom is -0.362 e. The van der Waals surface area contributed by atoms with Gasteiger partial charge in [-0.25, -0.2) is 9.67 Å². The Morgan fingerprint density at radius 1 is 1.41 bits per heavy atom. The largest absolute Gasteiger partial charge is 0.410 e. The van der Waals surface area contributed by atoms with Crippen LogP contribution in [0.5, 0.6) is 0 Å². The Balaban J connectivity index is 1.49. The van der Waals surface area contributed by atoms with Crippen molar-refractivity contribution in [2.75, 3.05) is 11.9 Å². The van der Waals surface area contributed by atoms with E-state index in [0.717, 1.165) is 9.56 Å². The lowest BCUT2D eigenvalue weighted by molar-refractivity contribution is -0.173. The Hall–Kier alpha value is -2.82. The molecule has 3 aromatic heterocycles. The van der Waals surface area contributed by atoms with E-state index in [2.05, 4.69) is 20.7 Å². The fourth-order valence-corrected chi connectivity index (χ4v) is 4.17. The standard InChI is InChI=1S/C18H19F3N6OS/c19-18(20,21)15-9-13(14-3-1-8-29-14)25-16-12(10-24-27(15)16)17(28)23-4-2-6-26-7-5-22-11-26/h1,3,5,7-8,10-11,13,15,25H,2,4,6,9H2,(H,23,28). The second-order valence-electron chi connectivity index (χ2n) is 6.77. The summed E-state index contributed by atoms with van der Waals surface area (Å²) in [5, 5.41) is 11.5. The van der Waals surface area contributed by atoms with Gasteiger partial charge in [-0.2, -0.15) is 18.3 Å². The SMILES string of the molecule is O=C(NCCCn1ccnc1)c1cnn2c1NC(c1cccs1)CC2C(F)(F)F. The monoisotopic (exact) mass is 424 g/mol. The number of rotatable bonds is 6. The molecule has 2 N–H and O–H groups in total. The second-order valence-corrected chi connectivity index (χ2v) is 7.75. The topological polar surface area (TPSA) is 76.8 Å². The van der Waals surface area contributed by atoms with Crippen molar-refractivity contribution in [1.82, 2.24) is 24.6 Å². The van der Waals surface area contributed by atoms with Crippen LogP contribution >= 0.6 is 11.3 Å². The number of hydrogen-bond donors (Lipinski definition) is 2. The van der Waals surface area contributed by atoms with Gasteiger partial charge in [0.2, 0.25) is 0 Å². The van der Waals surface area contributed by atoms with Gasteiger partial charge in [-0.05, 0) is 17.9 Å². The van der Waals surface area contributed by atoms with E-state index in [1.165, 1.54) is 17.5 Å². The van der Waals surface area contributed by atoms with E-state index < -0.39 is 24.2 Å². The number of thiophene rings is 1. The van der Waals surface area contributed by atoms with Gasteiger partial charge in [0.15, 0.2) is 6.04 Å². The molecular weight excluding hydrogens is 405 g/mol. The van der Waals surface area contributed by atoms with Crippen LogP contribution in [0.2, 0.25) is 0 Å². The van der Waals surface area contributed by atoms with Crippen molar-refractivity contribution >= 4 is 23.1 Å². The molecule has 29 heavy (non-hydrogen) atoms. The molecule has 0 aromatic carbocycles. The van der Waals surface area contributed by atoms with Crippen molar-refractivity contribution in [1.29, 1.82) is 0 Å². The van der Waals surface area contributed by atoms with Gasteiger partial charge in [0.1, 0.15) is 11.4 Å². The van der Waals surface area contributed by atoms with Crippen molar-refractivity contribution < 1.29 is 18.0 Å². The molecule has 154 valence electrons. The number of nitrogens with one attached hydrogen (secondary N) is 2. The smallest absolute Gasteiger partial charge is 0.362 e. The van der Waals surface area contributed by atoms with Crippen LogP contribution in [0.1, 0.15) is 40.2 Å². The minimum atomic E-state index is -4.46. The maximum Gasteiger partial charge on any atom is 0.410 e. The van der Waals surface area contributed by atoms with Crippen LogP contribution in [0.15, 0.2) is 42.4 Å². The first-order valence-electron chi connectivity index (χ1n) is 9.11. The van der Waals surface area contributed by atoms with Crippen molar-refractivity contribution in [3.63, 3.8) is 0 Å². The second kappa shape index (κ2) is 7.90. The molecule has 3 aromatic rings. The van der Waals surface area contributed by atoms with E-state index >= 15 is 0 Å². The van der Waals surface area contributed by atoms with E-state index in [0.29, 0.717) is 19.5 Å². The van der Waals surface area contributed by atoms with Gasteiger partial charge >= 0.3 is 6.18 Å². The fourth-order valence-electron chi connectivity index (χ4n) is 3.38. The maximum absolute atomic E-state index is 13.6. The summed E-state index contributed by atoms with van der Waals surface area (Å²) in [5.74, 6) is -0.346. The first-order chi connectivity index (χ1) is 13.9. The Morgan fingerprint density at radius 3 is 2.97 bits per heavy atom. The van der Waals surface area contributed by atoms with E-state index in [-0.39, 0.29) is 17.8 Å². The number of anilines is 1. The van der Waals surface area contributed by atoms with Crippen LogP contribution in [-0.2, 0) is 6.54 Å². The van der Waals surface area contributed by atoms with Gasteiger partial charge < -0.3 is 15.2 Å². The van der Waals surface area contributed by atoms with Crippen LogP contribution in [-0.4, -0.2) is 38.0 Å². The van der Waals surface area contributed by atoms with Crippen LogP contribution < -0.4 is 10.6 Å². The molecule has 0 fully saturated rings. The molecule has 0 bridgehead atoms. The number of amides is 1. The molecule has 1 aliphatic heterocycles. The zero-order valence-electron chi connectivity index (χ0n) is 15.3. The summed E-state index contributed by atoms with van der Waals surface area (Å²) >= 11 is 1.38. The zero-order valence-corrected chi connectivity index (χ0v) is 16.1. The molecule has 0 radical (unpaired) electrons. The molecule has 2 unspecified atom stereocenters. The summed E-state index contributed by atoms with van der Waals surface area (Å²) in [6.07, 6.45) is 2.40. The summed E-state index contributed by atoms with van der Waals surface area (Å²) in [7, 11) is 0. The number of halogens is 3. The summed E-state index contributed by atoms with van der Waals surface area (Å²) in [4.78, 5) is 17.3. The molecule has 0 spiro atoms. The van der Waals surface area contributed by atoms with Crippen molar-refractivity contribution in [3.05, 3.63) is 52.9 Å². The third-order valence-corrected chi connectivity index (χ3v) is 5.79. The molecular formula is C18H19F3N6OS. The Morgan fingerprint density at radius 2 is 2.28 bits per heavy atom. The summed E-state index contributed by atoms with van der Waals surface area (Å²) in [6, 6.07) is 1.27. The maximum atomic E-state index is 13.6. The van der Waals surface area contributed by atoms with Crippen molar-refractivity contribution in [2.45, 2.75) is 37.6 Å². The third kappa shape index (κ3) is 4.14. The number of carbonyl (C=O) groups excluding carboxylic acids is 1. The highest BCUT2D eigenvalue weighted by Crippen LogP contribution is 2.44. The predicted molar refractivity (Wildman–Crippen MR) is 102 cm³/mol.